The van der Waals surface area contributed by atoms with Crippen molar-refractivity contribution in [1.82, 2.24) is 9.71 Å². The van der Waals surface area contributed by atoms with Crippen molar-refractivity contribution >= 4 is 28.7 Å². The lowest BCUT2D eigenvalue weighted by molar-refractivity contribution is 0.0594. The molecule has 23 heavy (non-hydrogen) atoms. The van der Waals surface area contributed by atoms with E-state index in [2.05, 4.69) is 14.4 Å². The molecule has 0 aliphatic carbocycles. The Bertz CT molecular complexity index is 514. The highest BCUT2D eigenvalue weighted by atomic mass is 32.2. The number of ether oxygens (including phenoxy) is 1. The summed E-state index contributed by atoms with van der Waals surface area (Å²) in [6.07, 6.45) is -0.455. The Labute approximate surface area is 145 Å². The maximum absolute atomic E-state index is 12.3. The van der Waals surface area contributed by atoms with Gasteiger partial charge in [0.2, 0.25) is 0 Å². The molecule has 0 amide bonds. The van der Waals surface area contributed by atoms with Crippen LogP contribution in [0.25, 0.3) is 0 Å². The summed E-state index contributed by atoms with van der Waals surface area (Å²) in [5.41, 5.74) is 0.193. The number of aliphatic hydroxyl groups excluding tert-OH is 1. The Morgan fingerprint density at radius 1 is 1.52 bits per heavy atom. The van der Waals surface area contributed by atoms with Crippen molar-refractivity contribution in [2.75, 3.05) is 7.11 Å². The van der Waals surface area contributed by atoms with Crippen molar-refractivity contribution in [3.63, 3.8) is 0 Å². The number of nitrogens with zero attached hydrogens (tertiary/aromatic N) is 1. The summed E-state index contributed by atoms with van der Waals surface area (Å²) in [5, 5.41) is 12.4. The van der Waals surface area contributed by atoms with Gasteiger partial charge in [-0.1, -0.05) is 13.8 Å². The SMILES string of the molecule is COC(=O)c1csc([C@H](O)C[C@@H](N[S+]([O-])C(C)(C)C)C(C)C)n1. The number of hydrogen-bond acceptors (Lipinski definition) is 7. The molecule has 1 heterocycles. The van der Waals surface area contributed by atoms with Crippen molar-refractivity contribution in [3.8, 4) is 0 Å². The third kappa shape index (κ3) is 6.04. The summed E-state index contributed by atoms with van der Waals surface area (Å²) in [4.78, 5) is 15.5. The van der Waals surface area contributed by atoms with E-state index in [0.717, 1.165) is 0 Å². The molecule has 0 radical (unpaired) electrons. The molecule has 1 aromatic rings. The average Bonchev–Trinajstić information content (AvgIpc) is 2.94. The normalized spacial score (nSPS) is 16.2. The molecule has 0 bridgehead atoms. The van der Waals surface area contributed by atoms with Crippen molar-refractivity contribution in [2.45, 2.75) is 57.9 Å². The minimum Gasteiger partial charge on any atom is -0.598 e. The van der Waals surface area contributed by atoms with Crippen LogP contribution in [0.2, 0.25) is 0 Å². The molecule has 1 rings (SSSR count). The fourth-order valence-electron chi connectivity index (χ4n) is 1.75. The summed E-state index contributed by atoms with van der Waals surface area (Å²) < 4.78 is 19.6. The first kappa shape index (κ1) is 20.4. The second-order valence-electron chi connectivity index (χ2n) is 6.66. The first-order chi connectivity index (χ1) is 10.6. The van der Waals surface area contributed by atoms with E-state index in [-0.39, 0.29) is 22.4 Å². The molecule has 0 aromatic carbocycles. The van der Waals surface area contributed by atoms with Gasteiger partial charge in [-0.2, -0.15) is 0 Å². The number of hydrogen-bond donors (Lipinski definition) is 2. The third-order valence-corrected chi connectivity index (χ3v) is 5.87. The van der Waals surface area contributed by atoms with Gasteiger partial charge in [-0.15, -0.1) is 16.1 Å². The van der Waals surface area contributed by atoms with Crippen molar-refractivity contribution in [2.24, 2.45) is 5.92 Å². The molecular formula is C15H26N2O4S2. The van der Waals surface area contributed by atoms with E-state index in [1.165, 1.54) is 18.4 Å². The van der Waals surface area contributed by atoms with Crippen LogP contribution < -0.4 is 4.72 Å². The van der Waals surface area contributed by atoms with E-state index in [9.17, 15) is 14.5 Å². The van der Waals surface area contributed by atoms with Gasteiger partial charge >= 0.3 is 5.97 Å². The molecule has 8 heteroatoms. The molecule has 6 nitrogen and oxygen atoms in total. The molecule has 1 aromatic heterocycles. The molecule has 3 atom stereocenters. The standard InChI is InChI=1S/C15H26N2O4S2/c1-9(2)10(17-23(20)15(3,4)5)7-12(18)13-16-11(8-22-13)14(19)21-6/h8-10,12,17-18H,7H2,1-6H3/t10-,12-,23?/m1/s1. The average molecular weight is 363 g/mol. The van der Waals surface area contributed by atoms with Gasteiger partial charge in [-0.3, -0.25) is 0 Å². The Morgan fingerprint density at radius 3 is 2.61 bits per heavy atom. The fraction of sp³-hybridized carbons (Fsp3) is 0.733. The van der Waals surface area contributed by atoms with Crippen LogP contribution in [0.5, 0.6) is 0 Å². The number of aromatic nitrogens is 1. The van der Waals surface area contributed by atoms with Crippen LogP contribution in [0.3, 0.4) is 0 Å². The van der Waals surface area contributed by atoms with Crippen LogP contribution in [-0.2, 0) is 16.1 Å². The van der Waals surface area contributed by atoms with Crippen molar-refractivity contribution in [3.05, 3.63) is 16.1 Å². The lowest BCUT2D eigenvalue weighted by Gasteiger charge is -2.30. The van der Waals surface area contributed by atoms with Gasteiger partial charge in [0, 0.05) is 16.7 Å². The van der Waals surface area contributed by atoms with E-state index in [4.69, 9.17) is 0 Å². The van der Waals surface area contributed by atoms with Crippen molar-refractivity contribution in [1.29, 1.82) is 0 Å². The molecular weight excluding hydrogens is 336 g/mol. The molecule has 0 fully saturated rings. The predicted octanol–water partition coefficient (Wildman–Crippen LogP) is 2.43. The summed E-state index contributed by atoms with van der Waals surface area (Å²) >= 11 is -0.00267. The second-order valence-corrected chi connectivity index (χ2v) is 9.55. The van der Waals surface area contributed by atoms with E-state index in [1.54, 1.807) is 5.38 Å². The number of nitrogens with one attached hydrogen (secondary N) is 1. The fourth-order valence-corrected chi connectivity index (χ4v) is 3.53. The van der Waals surface area contributed by atoms with Gasteiger partial charge in [-0.05, 0) is 33.1 Å². The van der Waals surface area contributed by atoms with Crippen LogP contribution in [0.4, 0.5) is 0 Å². The van der Waals surface area contributed by atoms with Gasteiger partial charge in [0.1, 0.15) is 15.9 Å². The van der Waals surface area contributed by atoms with Crippen LogP contribution in [0.15, 0.2) is 5.38 Å². The summed E-state index contributed by atoms with van der Waals surface area (Å²) in [7, 11) is 1.29. The number of thiazole rings is 1. The minimum atomic E-state index is -1.22. The van der Waals surface area contributed by atoms with Crippen LogP contribution in [-0.4, -0.2) is 38.5 Å². The Hall–Kier alpha value is -0.670. The molecule has 0 aliphatic heterocycles. The molecule has 1 unspecified atom stereocenters. The Morgan fingerprint density at radius 2 is 2.13 bits per heavy atom. The number of rotatable bonds is 7. The van der Waals surface area contributed by atoms with Gasteiger partial charge in [-0.25, -0.2) is 9.78 Å². The summed E-state index contributed by atoms with van der Waals surface area (Å²) in [5.74, 6) is -0.330. The highest BCUT2D eigenvalue weighted by Crippen LogP contribution is 2.26. The van der Waals surface area contributed by atoms with Crippen LogP contribution in [0, 0.1) is 5.92 Å². The highest BCUT2D eigenvalue weighted by Gasteiger charge is 2.32. The first-order valence-electron chi connectivity index (χ1n) is 7.46. The topological polar surface area (TPSA) is 94.5 Å². The molecule has 0 aliphatic rings. The highest BCUT2D eigenvalue weighted by molar-refractivity contribution is 7.90. The molecule has 132 valence electrons. The Kier molecular flexibility index (Phi) is 7.47. The molecule has 0 spiro atoms. The molecule has 0 saturated heterocycles. The third-order valence-electron chi connectivity index (χ3n) is 3.30. The quantitative estimate of drug-likeness (QED) is 0.571. The van der Waals surface area contributed by atoms with E-state index < -0.39 is 23.4 Å². The van der Waals surface area contributed by atoms with Gasteiger partial charge in [0.05, 0.1) is 13.2 Å². The molecule has 0 saturated carbocycles. The van der Waals surface area contributed by atoms with Crippen molar-refractivity contribution < 1.29 is 19.2 Å². The maximum Gasteiger partial charge on any atom is 0.357 e. The predicted molar refractivity (Wildman–Crippen MR) is 92.7 cm³/mol. The first-order valence-corrected chi connectivity index (χ1v) is 9.49. The lowest BCUT2D eigenvalue weighted by atomic mass is 9.99. The summed E-state index contributed by atoms with van der Waals surface area (Å²) in [6, 6.07) is -0.129. The van der Waals surface area contributed by atoms with Crippen LogP contribution in [0.1, 0.15) is 62.6 Å². The maximum atomic E-state index is 12.3. The zero-order valence-corrected chi connectivity index (χ0v) is 16.1. The molecule has 2 N–H and O–H groups in total. The smallest absolute Gasteiger partial charge is 0.357 e. The van der Waals surface area contributed by atoms with Gasteiger partial charge < -0.3 is 14.4 Å². The minimum absolute atomic E-state index is 0.129. The Balaban J connectivity index is 2.76. The van der Waals surface area contributed by atoms with E-state index in [1.807, 2.05) is 34.6 Å². The number of carbonyl (C=O) groups is 1. The van der Waals surface area contributed by atoms with E-state index in [0.29, 0.717) is 11.4 Å². The second kappa shape index (κ2) is 8.43. The van der Waals surface area contributed by atoms with E-state index >= 15 is 0 Å². The zero-order valence-electron chi connectivity index (χ0n) is 14.5. The van der Waals surface area contributed by atoms with Crippen LogP contribution >= 0.6 is 11.3 Å². The monoisotopic (exact) mass is 362 g/mol. The lowest BCUT2D eigenvalue weighted by Crippen LogP contribution is -2.47. The number of carbonyl (C=O) groups excluding carboxylic acids is 1. The number of esters is 1. The largest absolute Gasteiger partial charge is 0.598 e. The number of aliphatic hydroxyl groups is 1. The van der Waals surface area contributed by atoms with Gasteiger partial charge in [0.15, 0.2) is 5.69 Å². The zero-order chi connectivity index (χ0) is 17.8. The number of methoxy groups -OCH3 is 1. The van der Waals surface area contributed by atoms with Gasteiger partial charge in [0.25, 0.3) is 0 Å². The summed E-state index contributed by atoms with van der Waals surface area (Å²) in [6.45, 7) is 9.70.